The van der Waals surface area contributed by atoms with Gasteiger partial charge in [0.1, 0.15) is 11.6 Å². The third-order valence-electron chi connectivity index (χ3n) is 4.51. The van der Waals surface area contributed by atoms with E-state index in [-0.39, 0.29) is 19.7 Å². The van der Waals surface area contributed by atoms with E-state index in [9.17, 15) is 18.7 Å². The van der Waals surface area contributed by atoms with Crippen LogP contribution in [-0.2, 0) is 10.2 Å². The molecule has 2 rings (SSSR count). The summed E-state index contributed by atoms with van der Waals surface area (Å²) in [5.41, 5.74) is -0.0681. The van der Waals surface area contributed by atoms with Crippen molar-refractivity contribution >= 4 is 6.03 Å². The quantitative estimate of drug-likeness (QED) is 0.711. The van der Waals surface area contributed by atoms with Crippen molar-refractivity contribution in [3.8, 4) is 0 Å². The predicted molar refractivity (Wildman–Crippen MR) is 85.8 cm³/mol. The molecule has 1 aromatic carbocycles. The minimum Gasteiger partial charge on any atom is -0.389 e. The molecule has 134 valence electrons. The largest absolute Gasteiger partial charge is 0.389 e. The highest BCUT2D eigenvalue weighted by Gasteiger charge is 2.38. The highest BCUT2D eigenvalue weighted by atomic mass is 19.1. The van der Waals surface area contributed by atoms with Crippen LogP contribution in [0.5, 0.6) is 0 Å². The Morgan fingerprint density at radius 2 is 2.04 bits per heavy atom. The number of amides is 2. The zero-order valence-corrected chi connectivity index (χ0v) is 13.8. The molecule has 0 saturated heterocycles. The molecule has 1 aromatic rings. The number of hydrogen-bond donors (Lipinski definition) is 3. The molecular formula is C17H24F2N2O3. The van der Waals surface area contributed by atoms with E-state index in [1.54, 1.807) is 0 Å². The van der Waals surface area contributed by atoms with E-state index in [4.69, 9.17) is 4.74 Å². The van der Waals surface area contributed by atoms with Crippen molar-refractivity contribution in [3.05, 3.63) is 35.4 Å². The standard InChI is InChI=1S/C17H24F2N2O3/c1-24-10-13(22)9-20-16(23)21-11-17(6-2-3-7-17)14-5-4-12(18)8-15(14)19/h4-5,8,13,22H,2-3,6-7,9-11H2,1H3,(H2,20,21,23)/t13-/m1/s1. The molecule has 0 spiro atoms. The number of benzene rings is 1. The number of rotatable bonds is 7. The summed E-state index contributed by atoms with van der Waals surface area (Å²) in [4.78, 5) is 11.9. The van der Waals surface area contributed by atoms with Crippen molar-refractivity contribution in [1.29, 1.82) is 0 Å². The van der Waals surface area contributed by atoms with Gasteiger partial charge in [-0.3, -0.25) is 0 Å². The van der Waals surface area contributed by atoms with E-state index in [0.717, 1.165) is 31.7 Å². The van der Waals surface area contributed by atoms with E-state index in [1.165, 1.54) is 19.2 Å². The van der Waals surface area contributed by atoms with Crippen LogP contribution in [0.15, 0.2) is 18.2 Å². The summed E-state index contributed by atoms with van der Waals surface area (Å²) < 4.78 is 32.1. The fraction of sp³-hybridized carbons (Fsp3) is 0.588. The lowest BCUT2D eigenvalue weighted by atomic mass is 9.78. The van der Waals surface area contributed by atoms with Gasteiger partial charge in [0.25, 0.3) is 0 Å². The topological polar surface area (TPSA) is 70.6 Å². The number of halogens is 2. The maximum atomic E-state index is 14.2. The highest BCUT2D eigenvalue weighted by molar-refractivity contribution is 5.74. The SMILES string of the molecule is COC[C@H](O)CNC(=O)NCC1(c2ccc(F)cc2F)CCCC1. The van der Waals surface area contributed by atoms with Gasteiger partial charge in [0.2, 0.25) is 0 Å². The van der Waals surface area contributed by atoms with Gasteiger partial charge in [0.05, 0.1) is 12.7 Å². The number of aliphatic hydroxyl groups is 1. The number of hydrogen-bond acceptors (Lipinski definition) is 3. The molecule has 0 unspecified atom stereocenters. The Labute approximate surface area is 140 Å². The van der Waals surface area contributed by atoms with Crippen molar-refractivity contribution in [2.45, 2.75) is 37.2 Å². The number of carbonyl (C=O) groups excluding carboxylic acids is 1. The van der Waals surface area contributed by atoms with Crippen LogP contribution in [0.2, 0.25) is 0 Å². The summed E-state index contributed by atoms with van der Waals surface area (Å²) in [6, 6.07) is 3.17. The van der Waals surface area contributed by atoms with Crippen LogP contribution in [0, 0.1) is 11.6 Å². The minimum absolute atomic E-state index is 0.0670. The molecule has 7 heteroatoms. The van der Waals surface area contributed by atoms with Crippen molar-refractivity contribution < 1.29 is 23.4 Å². The maximum absolute atomic E-state index is 14.2. The average Bonchev–Trinajstić information content (AvgIpc) is 3.01. The van der Waals surface area contributed by atoms with Gasteiger partial charge in [0, 0.05) is 31.7 Å². The van der Waals surface area contributed by atoms with E-state index < -0.39 is 29.2 Å². The first-order valence-electron chi connectivity index (χ1n) is 8.11. The van der Waals surface area contributed by atoms with Crippen LogP contribution >= 0.6 is 0 Å². The van der Waals surface area contributed by atoms with Crippen LogP contribution in [0.3, 0.4) is 0 Å². The van der Waals surface area contributed by atoms with Gasteiger partial charge < -0.3 is 20.5 Å². The first kappa shape index (κ1) is 18.6. The normalized spacial score (nSPS) is 17.5. The Balaban J connectivity index is 1.97. The fourth-order valence-corrected chi connectivity index (χ4v) is 3.29. The Kier molecular flexibility index (Phi) is 6.51. The molecule has 1 atom stereocenters. The molecule has 5 nitrogen and oxygen atoms in total. The summed E-state index contributed by atoms with van der Waals surface area (Å²) in [5, 5.41) is 14.8. The second-order valence-electron chi connectivity index (χ2n) is 6.28. The molecule has 1 aliphatic carbocycles. The molecule has 0 aromatic heterocycles. The molecule has 2 amide bonds. The van der Waals surface area contributed by atoms with Gasteiger partial charge in [-0.15, -0.1) is 0 Å². The summed E-state index contributed by atoms with van der Waals surface area (Å²) in [6.45, 7) is 0.463. The zero-order valence-electron chi connectivity index (χ0n) is 13.8. The third kappa shape index (κ3) is 4.64. The minimum atomic E-state index is -0.782. The molecule has 0 heterocycles. The molecule has 0 radical (unpaired) electrons. The van der Waals surface area contributed by atoms with Crippen LogP contribution in [0.1, 0.15) is 31.2 Å². The monoisotopic (exact) mass is 342 g/mol. The number of urea groups is 1. The highest BCUT2D eigenvalue weighted by Crippen LogP contribution is 2.41. The molecule has 24 heavy (non-hydrogen) atoms. The van der Waals surface area contributed by atoms with E-state index >= 15 is 0 Å². The van der Waals surface area contributed by atoms with Gasteiger partial charge in [-0.05, 0) is 24.5 Å². The maximum Gasteiger partial charge on any atom is 0.314 e. The van der Waals surface area contributed by atoms with Crippen LogP contribution < -0.4 is 10.6 Å². The number of ether oxygens (including phenoxy) is 1. The van der Waals surface area contributed by atoms with Crippen LogP contribution in [0.4, 0.5) is 13.6 Å². The molecule has 0 bridgehead atoms. The fourth-order valence-electron chi connectivity index (χ4n) is 3.29. The zero-order chi connectivity index (χ0) is 17.6. The first-order chi connectivity index (χ1) is 11.5. The Morgan fingerprint density at radius 3 is 2.67 bits per heavy atom. The van der Waals surface area contributed by atoms with E-state index in [2.05, 4.69) is 10.6 Å². The van der Waals surface area contributed by atoms with Crippen LogP contribution in [0.25, 0.3) is 0 Å². The van der Waals surface area contributed by atoms with Gasteiger partial charge in [-0.2, -0.15) is 0 Å². The summed E-state index contributed by atoms with van der Waals surface area (Å²) >= 11 is 0. The number of carbonyl (C=O) groups is 1. The van der Waals surface area contributed by atoms with Crippen molar-refractivity contribution in [2.75, 3.05) is 26.8 Å². The lowest BCUT2D eigenvalue weighted by molar-refractivity contribution is 0.0659. The molecule has 3 N–H and O–H groups in total. The number of nitrogens with one attached hydrogen (secondary N) is 2. The van der Waals surface area contributed by atoms with Gasteiger partial charge in [-0.25, -0.2) is 13.6 Å². The van der Waals surface area contributed by atoms with Crippen molar-refractivity contribution in [2.24, 2.45) is 0 Å². The average molecular weight is 342 g/mol. The molecule has 1 fully saturated rings. The second kappa shape index (κ2) is 8.39. The number of aliphatic hydroxyl groups excluding tert-OH is 1. The van der Waals surface area contributed by atoms with Gasteiger partial charge in [0.15, 0.2) is 0 Å². The lowest BCUT2D eigenvalue weighted by Gasteiger charge is -2.30. The summed E-state index contributed by atoms with van der Waals surface area (Å²) in [5.74, 6) is -1.18. The van der Waals surface area contributed by atoms with Crippen LogP contribution in [-0.4, -0.2) is 44.0 Å². The molecular weight excluding hydrogens is 318 g/mol. The van der Waals surface area contributed by atoms with Gasteiger partial charge in [-0.1, -0.05) is 18.9 Å². The van der Waals surface area contributed by atoms with Crippen molar-refractivity contribution in [3.63, 3.8) is 0 Å². The third-order valence-corrected chi connectivity index (χ3v) is 4.51. The number of methoxy groups -OCH3 is 1. The Bertz CT molecular complexity index is 563. The molecule has 0 aliphatic heterocycles. The Hall–Kier alpha value is -1.73. The predicted octanol–water partition coefficient (Wildman–Crippen LogP) is 2.08. The van der Waals surface area contributed by atoms with Gasteiger partial charge >= 0.3 is 6.03 Å². The Morgan fingerprint density at radius 1 is 1.33 bits per heavy atom. The lowest BCUT2D eigenvalue weighted by Crippen LogP contribution is -2.46. The smallest absolute Gasteiger partial charge is 0.314 e. The summed E-state index contributed by atoms with van der Waals surface area (Å²) in [6.07, 6.45) is 2.57. The summed E-state index contributed by atoms with van der Waals surface area (Å²) in [7, 11) is 1.46. The molecule has 1 aliphatic rings. The van der Waals surface area contributed by atoms with E-state index in [0.29, 0.717) is 5.56 Å². The van der Waals surface area contributed by atoms with Crippen molar-refractivity contribution in [1.82, 2.24) is 10.6 Å². The molecule has 1 saturated carbocycles. The first-order valence-corrected chi connectivity index (χ1v) is 8.11. The second-order valence-corrected chi connectivity index (χ2v) is 6.28. The van der Waals surface area contributed by atoms with E-state index in [1.807, 2.05) is 0 Å².